The Hall–Kier alpha value is -2.41. The molecule has 0 spiro atoms. The summed E-state index contributed by atoms with van der Waals surface area (Å²) >= 11 is 0. The largest absolute Gasteiger partial charge is 0.399 e. The molecule has 2 rings (SSSR count). The van der Waals surface area contributed by atoms with Gasteiger partial charge in [0.1, 0.15) is 0 Å². The third kappa shape index (κ3) is 2.71. The number of nitrogens with two attached hydrogens (primary N) is 2. The SMILES string of the molecule is NN=Nc1cccc(S(=O)(=O)c2cccc(N)c2)c1. The number of nitrogens with zero attached hydrogens (tertiary/aromatic N) is 2. The van der Waals surface area contributed by atoms with Crippen LogP contribution in [0.25, 0.3) is 0 Å². The Labute approximate surface area is 110 Å². The fraction of sp³-hybridized carbons (Fsp3) is 0. The van der Waals surface area contributed by atoms with Crippen LogP contribution in [-0.2, 0) is 9.84 Å². The summed E-state index contributed by atoms with van der Waals surface area (Å²) in [4.78, 5) is 0.248. The average Bonchev–Trinajstić information content (AvgIpc) is 2.39. The molecule has 0 amide bonds. The normalized spacial score (nSPS) is 11.8. The average molecular weight is 276 g/mol. The number of hydrogen-bond acceptors (Lipinski definition) is 5. The zero-order valence-electron chi connectivity index (χ0n) is 9.89. The summed E-state index contributed by atoms with van der Waals surface area (Å²) in [5.74, 6) is 4.94. The molecule has 19 heavy (non-hydrogen) atoms. The molecular formula is C12H12N4O2S. The third-order valence-electron chi connectivity index (χ3n) is 2.47. The lowest BCUT2D eigenvalue weighted by Crippen LogP contribution is -2.02. The molecule has 7 heteroatoms. The number of sulfone groups is 1. The van der Waals surface area contributed by atoms with Crippen LogP contribution in [0.4, 0.5) is 11.4 Å². The molecule has 0 aromatic heterocycles. The Morgan fingerprint density at radius 2 is 1.58 bits per heavy atom. The lowest BCUT2D eigenvalue weighted by molar-refractivity contribution is 0.596. The fourth-order valence-corrected chi connectivity index (χ4v) is 2.95. The predicted molar refractivity (Wildman–Crippen MR) is 71.5 cm³/mol. The maximum Gasteiger partial charge on any atom is 0.206 e. The van der Waals surface area contributed by atoms with Crippen molar-refractivity contribution >= 4 is 21.2 Å². The van der Waals surface area contributed by atoms with Crippen molar-refractivity contribution in [2.45, 2.75) is 9.79 Å². The van der Waals surface area contributed by atoms with Gasteiger partial charge in [0.2, 0.25) is 9.84 Å². The van der Waals surface area contributed by atoms with Crippen LogP contribution in [0.2, 0.25) is 0 Å². The summed E-state index contributed by atoms with van der Waals surface area (Å²) in [7, 11) is -3.62. The van der Waals surface area contributed by atoms with E-state index >= 15 is 0 Å². The Morgan fingerprint density at radius 3 is 2.21 bits per heavy atom. The van der Waals surface area contributed by atoms with E-state index in [0.29, 0.717) is 11.4 Å². The summed E-state index contributed by atoms with van der Waals surface area (Å²) in [6.45, 7) is 0. The quantitative estimate of drug-likeness (QED) is 0.387. The molecule has 0 aliphatic heterocycles. The van der Waals surface area contributed by atoms with Crippen molar-refractivity contribution < 1.29 is 8.42 Å². The summed E-state index contributed by atoms with van der Waals surface area (Å²) in [6, 6.07) is 12.2. The van der Waals surface area contributed by atoms with Gasteiger partial charge in [0.15, 0.2) is 0 Å². The highest BCUT2D eigenvalue weighted by molar-refractivity contribution is 7.91. The second-order valence-electron chi connectivity index (χ2n) is 3.79. The Kier molecular flexibility index (Phi) is 3.48. The molecule has 0 bridgehead atoms. The van der Waals surface area contributed by atoms with Gasteiger partial charge in [-0.15, -0.1) is 5.11 Å². The number of nitrogen functional groups attached to an aromatic ring is 1. The van der Waals surface area contributed by atoms with E-state index in [9.17, 15) is 8.42 Å². The van der Waals surface area contributed by atoms with Gasteiger partial charge in [-0.1, -0.05) is 17.4 Å². The molecule has 0 saturated carbocycles. The van der Waals surface area contributed by atoms with Crippen molar-refractivity contribution in [1.82, 2.24) is 0 Å². The molecule has 0 unspecified atom stereocenters. The van der Waals surface area contributed by atoms with Gasteiger partial charge in [0.25, 0.3) is 0 Å². The first-order chi connectivity index (χ1) is 9.04. The van der Waals surface area contributed by atoms with Crippen LogP contribution in [0, 0.1) is 0 Å². The second-order valence-corrected chi connectivity index (χ2v) is 5.74. The topological polar surface area (TPSA) is 111 Å². The molecule has 0 fully saturated rings. The summed E-state index contributed by atoms with van der Waals surface area (Å²) in [5, 5.41) is 6.73. The molecule has 98 valence electrons. The number of benzene rings is 2. The zero-order valence-corrected chi connectivity index (χ0v) is 10.7. The Balaban J connectivity index is 2.53. The fourth-order valence-electron chi connectivity index (χ4n) is 1.60. The summed E-state index contributed by atoms with van der Waals surface area (Å²) in [6.07, 6.45) is 0. The third-order valence-corrected chi connectivity index (χ3v) is 4.22. The summed E-state index contributed by atoms with van der Waals surface area (Å²) in [5.41, 5.74) is 6.35. The number of anilines is 1. The molecule has 0 aliphatic rings. The standard InChI is InChI=1S/C12H12N4O2S/c13-9-3-1-5-11(7-9)19(17,18)12-6-2-4-10(8-12)15-16-14/h1-8H,13H2,(H2,14,15). The van der Waals surface area contributed by atoms with Crippen molar-refractivity contribution in [3.8, 4) is 0 Å². The van der Waals surface area contributed by atoms with Gasteiger partial charge < -0.3 is 11.6 Å². The molecule has 0 saturated heterocycles. The van der Waals surface area contributed by atoms with E-state index in [0.717, 1.165) is 0 Å². The lowest BCUT2D eigenvalue weighted by atomic mass is 10.3. The van der Waals surface area contributed by atoms with Crippen molar-refractivity contribution in [2.24, 2.45) is 16.2 Å². The second kappa shape index (κ2) is 5.07. The lowest BCUT2D eigenvalue weighted by Gasteiger charge is -2.05. The first-order valence-corrected chi connectivity index (χ1v) is 6.84. The van der Waals surface area contributed by atoms with Crippen molar-refractivity contribution in [2.75, 3.05) is 5.73 Å². The van der Waals surface area contributed by atoms with Crippen LogP contribution < -0.4 is 11.6 Å². The Bertz CT molecular complexity index is 726. The van der Waals surface area contributed by atoms with Gasteiger partial charge >= 0.3 is 0 Å². The first-order valence-electron chi connectivity index (χ1n) is 5.35. The smallest absolute Gasteiger partial charge is 0.206 e. The zero-order chi connectivity index (χ0) is 13.9. The highest BCUT2D eigenvalue weighted by Crippen LogP contribution is 2.25. The summed E-state index contributed by atoms with van der Waals surface area (Å²) < 4.78 is 24.8. The first kappa shape index (κ1) is 13.0. The molecule has 4 N–H and O–H groups in total. The van der Waals surface area contributed by atoms with Crippen LogP contribution in [0.3, 0.4) is 0 Å². The van der Waals surface area contributed by atoms with Crippen molar-refractivity contribution in [3.05, 3.63) is 48.5 Å². The van der Waals surface area contributed by atoms with Crippen LogP contribution in [-0.4, -0.2) is 8.42 Å². The van der Waals surface area contributed by atoms with Crippen molar-refractivity contribution in [3.63, 3.8) is 0 Å². The van der Waals surface area contributed by atoms with Gasteiger partial charge in [-0.3, -0.25) is 0 Å². The van der Waals surface area contributed by atoms with Crippen LogP contribution in [0.15, 0.2) is 68.7 Å². The van der Waals surface area contributed by atoms with E-state index in [1.165, 1.54) is 24.3 Å². The van der Waals surface area contributed by atoms with Gasteiger partial charge in [-0.2, -0.15) is 0 Å². The monoisotopic (exact) mass is 276 g/mol. The Morgan fingerprint density at radius 1 is 0.947 bits per heavy atom. The maximum absolute atomic E-state index is 12.4. The van der Waals surface area contributed by atoms with Crippen molar-refractivity contribution in [1.29, 1.82) is 0 Å². The van der Waals surface area contributed by atoms with E-state index in [1.54, 1.807) is 24.3 Å². The molecular weight excluding hydrogens is 264 g/mol. The molecule has 0 aliphatic carbocycles. The molecule has 0 heterocycles. The van der Waals surface area contributed by atoms with Crippen LogP contribution in [0.5, 0.6) is 0 Å². The van der Waals surface area contributed by atoms with E-state index in [4.69, 9.17) is 11.6 Å². The molecule has 2 aromatic carbocycles. The van der Waals surface area contributed by atoms with Gasteiger partial charge in [-0.25, -0.2) is 8.42 Å². The molecule has 0 atom stereocenters. The van der Waals surface area contributed by atoms with Gasteiger partial charge in [0.05, 0.1) is 15.5 Å². The highest BCUT2D eigenvalue weighted by atomic mass is 32.2. The number of rotatable bonds is 3. The van der Waals surface area contributed by atoms with Crippen LogP contribution in [0.1, 0.15) is 0 Å². The molecule has 2 aromatic rings. The van der Waals surface area contributed by atoms with E-state index in [1.807, 2.05) is 0 Å². The minimum absolute atomic E-state index is 0.114. The number of hydrogen-bond donors (Lipinski definition) is 2. The van der Waals surface area contributed by atoms with E-state index in [-0.39, 0.29) is 9.79 Å². The molecule has 6 nitrogen and oxygen atoms in total. The van der Waals surface area contributed by atoms with E-state index in [2.05, 4.69) is 10.3 Å². The predicted octanol–water partition coefficient (Wildman–Crippen LogP) is 2.06. The minimum atomic E-state index is -3.62. The van der Waals surface area contributed by atoms with Gasteiger partial charge in [-0.05, 0) is 36.4 Å². The molecule has 0 radical (unpaired) electrons. The van der Waals surface area contributed by atoms with Crippen LogP contribution >= 0.6 is 0 Å². The van der Waals surface area contributed by atoms with Gasteiger partial charge in [0, 0.05) is 5.69 Å². The maximum atomic E-state index is 12.4. The van der Waals surface area contributed by atoms with E-state index < -0.39 is 9.84 Å². The minimum Gasteiger partial charge on any atom is -0.399 e. The highest BCUT2D eigenvalue weighted by Gasteiger charge is 2.18.